The van der Waals surface area contributed by atoms with E-state index in [1.54, 1.807) is 5.57 Å². The number of hydrogen-bond donors (Lipinski definition) is 1. The van der Waals surface area contributed by atoms with Crippen molar-refractivity contribution in [1.29, 1.82) is 0 Å². The zero-order valence-corrected chi connectivity index (χ0v) is 13.3. The Kier molecular flexibility index (Phi) is 7.37. The number of hydrogen-bond acceptors (Lipinski definition) is 2. The fraction of sp³-hybridized carbons (Fsp3) is 0.579. The van der Waals surface area contributed by atoms with E-state index in [-0.39, 0.29) is 0 Å². The molecule has 0 saturated carbocycles. The van der Waals surface area contributed by atoms with Crippen molar-refractivity contribution >= 4 is 0 Å². The summed E-state index contributed by atoms with van der Waals surface area (Å²) in [6.45, 7) is 4.10. The van der Waals surface area contributed by atoms with Crippen molar-refractivity contribution in [2.45, 2.75) is 57.9 Å². The first-order valence-electron chi connectivity index (χ1n) is 8.50. The number of para-hydroxylation sites is 1. The van der Waals surface area contributed by atoms with E-state index >= 15 is 0 Å². The summed E-state index contributed by atoms with van der Waals surface area (Å²) in [6, 6.07) is 10.6. The molecule has 0 heterocycles. The topological polar surface area (TPSA) is 21.3 Å². The predicted octanol–water partition coefficient (Wildman–Crippen LogP) is 4.71. The van der Waals surface area contributed by atoms with Crippen LogP contribution in [0, 0.1) is 0 Å². The zero-order valence-electron chi connectivity index (χ0n) is 13.3. The van der Waals surface area contributed by atoms with Crippen LogP contribution in [0.25, 0.3) is 0 Å². The number of benzene rings is 1. The molecule has 2 rings (SSSR count). The minimum Gasteiger partial charge on any atom is -0.494 e. The van der Waals surface area contributed by atoms with Crippen molar-refractivity contribution in [2.24, 2.45) is 0 Å². The van der Waals surface area contributed by atoms with Gasteiger partial charge in [-0.25, -0.2) is 0 Å². The molecular formula is C19H29NO. The molecule has 0 aromatic heterocycles. The number of nitrogens with one attached hydrogen (secondary N) is 1. The summed E-state index contributed by atoms with van der Waals surface area (Å²) < 4.78 is 5.87. The van der Waals surface area contributed by atoms with Gasteiger partial charge in [-0.3, -0.25) is 0 Å². The van der Waals surface area contributed by atoms with Gasteiger partial charge in [-0.15, -0.1) is 0 Å². The monoisotopic (exact) mass is 287 g/mol. The summed E-state index contributed by atoms with van der Waals surface area (Å²) in [5.74, 6) is 0.974. The molecule has 0 radical (unpaired) electrons. The molecule has 1 aromatic rings. The van der Waals surface area contributed by atoms with E-state index < -0.39 is 0 Å². The van der Waals surface area contributed by atoms with Crippen molar-refractivity contribution in [3.8, 4) is 5.75 Å². The van der Waals surface area contributed by atoms with Crippen LogP contribution >= 0.6 is 0 Å². The highest BCUT2D eigenvalue weighted by molar-refractivity contribution is 5.21. The summed E-state index contributed by atoms with van der Waals surface area (Å²) >= 11 is 0. The van der Waals surface area contributed by atoms with Gasteiger partial charge in [0.05, 0.1) is 6.61 Å². The standard InChI is InChI=1S/C19H29NO/c1-2-15-20-19(17-10-6-3-4-7-11-17)14-16-21-18-12-8-5-9-13-18/h5,8-10,12-13,19-20H,2-4,6-7,11,14-16H2,1H3. The van der Waals surface area contributed by atoms with Gasteiger partial charge in [0, 0.05) is 12.5 Å². The van der Waals surface area contributed by atoms with Gasteiger partial charge in [0.25, 0.3) is 0 Å². The van der Waals surface area contributed by atoms with Gasteiger partial charge in [0.2, 0.25) is 0 Å². The largest absolute Gasteiger partial charge is 0.494 e. The Bertz CT molecular complexity index is 413. The third kappa shape index (κ3) is 5.92. The highest BCUT2D eigenvalue weighted by Gasteiger charge is 2.15. The van der Waals surface area contributed by atoms with Crippen LogP contribution in [0.5, 0.6) is 5.75 Å². The quantitative estimate of drug-likeness (QED) is 0.699. The second-order valence-corrected chi connectivity index (χ2v) is 5.84. The molecule has 0 fully saturated rings. The van der Waals surface area contributed by atoms with Gasteiger partial charge in [-0.2, -0.15) is 0 Å². The number of allylic oxidation sites excluding steroid dienone is 1. The molecule has 0 spiro atoms. The summed E-state index contributed by atoms with van der Waals surface area (Å²) in [4.78, 5) is 0. The van der Waals surface area contributed by atoms with Crippen molar-refractivity contribution in [1.82, 2.24) is 5.32 Å². The minimum absolute atomic E-state index is 0.492. The average Bonchev–Trinajstić information content (AvgIpc) is 2.81. The van der Waals surface area contributed by atoms with Crippen molar-refractivity contribution in [3.63, 3.8) is 0 Å². The van der Waals surface area contributed by atoms with Crippen LogP contribution in [0.4, 0.5) is 0 Å². The molecule has 2 heteroatoms. The maximum Gasteiger partial charge on any atom is 0.119 e. The molecule has 1 N–H and O–H groups in total. The number of rotatable bonds is 8. The highest BCUT2D eigenvalue weighted by Crippen LogP contribution is 2.22. The Hall–Kier alpha value is -1.28. The first-order chi connectivity index (χ1) is 10.4. The van der Waals surface area contributed by atoms with E-state index in [0.29, 0.717) is 6.04 Å². The van der Waals surface area contributed by atoms with Crippen molar-refractivity contribution in [3.05, 3.63) is 42.0 Å². The summed E-state index contributed by atoms with van der Waals surface area (Å²) in [5.41, 5.74) is 1.61. The molecule has 1 atom stereocenters. The smallest absolute Gasteiger partial charge is 0.119 e. The second kappa shape index (κ2) is 9.62. The predicted molar refractivity (Wildman–Crippen MR) is 89.8 cm³/mol. The van der Waals surface area contributed by atoms with Crippen LogP contribution in [0.1, 0.15) is 51.9 Å². The molecule has 0 aliphatic heterocycles. The maximum absolute atomic E-state index is 5.87. The van der Waals surface area contributed by atoms with Crippen LogP contribution in [0.2, 0.25) is 0 Å². The maximum atomic E-state index is 5.87. The van der Waals surface area contributed by atoms with E-state index in [0.717, 1.165) is 25.3 Å². The molecule has 0 saturated heterocycles. The summed E-state index contributed by atoms with van der Waals surface area (Å²) in [7, 11) is 0. The molecule has 116 valence electrons. The Morgan fingerprint density at radius 2 is 2.00 bits per heavy atom. The van der Waals surface area contributed by atoms with E-state index in [4.69, 9.17) is 4.74 Å². The Morgan fingerprint density at radius 1 is 1.14 bits per heavy atom. The first kappa shape index (κ1) is 16.1. The van der Waals surface area contributed by atoms with Gasteiger partial charge in [-0.1, -0.05) is 43.2 Å². The molecular weight excluding hydrogens is 258 g/mol. The van der Waals surface area contributed by atoms with Crippen LogP contribution in [0.3, 0.4) is 0 Å². The van der Waals surface area contributed by atoms with E-state index in [2.05, 4.69) is 18.3 Å². The molecule has 0 bridgehead atoms. The Balaban J connectivity index is 1.85. The van der Waals surface area contributed by atoms with Gasteiger partial charge in [0.1, 0.15) is 5.75 Å². The van der Waals surface area contributed by atoms with Gasteiger partial charge in [-0.05, 0) is 50.8 Å². The van der Waals surface area contributed by atoms with Crippen LogP contribution in [0.15, 0.2) is 42.0 Å². The Labute approximate surface area is 129 Å². The SMILES string of the molecule is CCCNC(CCOc1ccccc1)C1=CCCCCC1. The van der Waals surface area contributed by atoms with Crippen LogP contribution in [-0.4, -0.2) is 19.2 Å². The zero-order chi connectivity index (χ0) is 14.8. The minimum atomic E-state index is 0.492. The van der Waals surface area contributed by atoms with Crippen LogP contribution < -0.4 is 10.1 Å². The lowest BCUT2D eigenvalue weighted by molar-refractivity contribution is 0.292. The fourth-order valence-corrected chi connectivity index (χ4v) is 2.90. The lowest BCUT2D eigenvalue weighted by Crippen LogP contribution is -2.33. The molecule has 21 heavy (non-hydrogen) atoms. The first-order valence-corrected chi connectivity index (χ1v) is 8.50. The molecule has 1 unspecified atom stereocenters. The second-order valence-electron chi connectivity index (χ2n) is 5.84. The average molecular weight is 287 g/mol. The van der Waals surface area contributed by atoms with E-state index in [1.807, 2.05) is 30.3 Å². The van der Waals surface area contributed by atoms with Crippen LogP contribution in [-0.2, 0) is 0 Å². The molecule has 1 aromatic carbocycles. The molecule has 1 aliphatic carbocycles. The van der Waals surface area contributed by atoms with Gasteiger partial charge in [0.15, 0.2) is 0 Å². The van der Waals surface area contributed by atoms with Gasteiger partial charge >= 0.3 is 0 Å². The Morgan fingerprint density at radius 3 is 2.81 bits per heavy atom. The molecule has 0 amide bonds. The van der Waals surface area contributed by atoms with E-state index in [1.165, 1.54) is 38.5 Å². The molecule has 2 nitrogen and oxygen atoms in total. The lowest BCUT2D eigenvalue weighted by Gasteiger charge is -2.22. The normalized spacial score (nSPS) is 16.9. The van der Waals surface area contributed by atoms with Crippen molar-refractivity contribution in [2.75, 3.05) is 13.2 Å². The highest BCUT2D eigenvalue weighted by atomic mass is 16.5. The lowest BCUT2D eigenvalue weighted by atomic mass is 9.99. The number of ether oxygens (including phenoxy) is 1. The third-order valence-electron chi connectivity index (χ3n) is 4.08. The van der Waals surface area contributed by atoms with Gasteiger partial charge < -0.3 is 10.1 Å². The van der Waals surface area contributed by atoms with E-state index in [9.17, 15) is 0 Å². The summed E-state index contributed by atoms with van der Waals surface area (Å²) in [5, 5.41) is 3.70. The fourth-order valence-electron chi connectivity index (χ4n) is 2.90. The summed E-state index contributed by atoms with van der Waals surface area (Å²) in [6.07, 6.45) is 11.3. The van der Waals surface area contributed by atoms with Crippen molar-refractivity contribution < 1.29 is 4.74 Å². The third-order valence-corrected chi connectivity index (χ3v) is 4.08. The molecule has 1 aliphatic rings.